The number of nitrogens with zero attached hydrogens (tertiary/aromatic N) is 1. The Balaban J connectivity index is 1.89. The summed E-state index contributed by atoms with van der Waals surface area (Å²) in [6.45, 7) is 0. The molecule has 3 aromatic rings. The first-order chi connectivity index (χ1) is 16.3. The zero-order valence-electron chi connectivity index (χ0n) is 18.3. The van der Waals surface area contributed by atoms with Crippen molar-refractivity contribution in [2.24, 2.45) is 5.92 Å². The van der Waals surface area contributed by atoms with E-state index < -0.39 is 35.1 Å². The summed E-state index contributed by atoms with van der Waals surface area (Å²) in [7, 11) is 2.81. The molecule has 1 fully saturated rings. The lowest BCUT2D eigenvalue weighted by Gasteiger charge is -2.40. The van der Waals surface area contributed by atoms with Crippen LogP contribution in [-0.2, 0) is 16.0 Å². The summed E-state index contributed by atoms with van der Waals surface area (Å²) in [5.41, 5.74) is -2.74. The first kappa shape index (κ1) is 22.6. The van der Waals surface area contributed by atoms with Crippen LogP contribution in [0, 0.1) is 5.92 Å². The number of rotatable bonds is 5. The Morgan fingerprint density at radius 2 is 1.76 bits per heavy atom. The van der Waals surface area contributed by atoms with Gasteiger partial charge < -0.3 is 29.5 Å². The van der Waals surface area contributed by atoms with Crippen molar-refractivity contribution in [3.63, 3.8) is 0 Å². The van der Waals surface area contributed by atoms with Gasteiger partial charge in [0, 0.05) is 16.5 Å². The average Bonchev–Trinajstić information content (AvgIpc) is 3.22. The second-order valence-corrected chi connectivity index (χ2v) is 9.27. The number of carboxylic acids is 1. The number of aliphatic carboxylic acids is 1. The number of methoxy groups -OCH3 is 2. The molecule has 2 aromatic carbocycles. The number of halogens is 1. The van der Waals surface area contributed by atoms with Gasteiger partial charge in [-0.25, -0.2) is 0 Å². The molecular weight excluding hydrogens is 506 g/mol. The molecule has 1 aromatic heterocycles. The molecular formula is C25H22BrNO7. The Hall–Kier alpha value is -3.14. The maximum absolute atomic E-state index is 12.6. The summed E-state index contributed by atoms with van der Waals surface area (Å²) >= 11 is 3.42. The van der Waals surface area contributed by atoms with E-state index in [9.17, 15) is 20.1 Å². The number of carbonyl (C=O) groups is 1. The molecule has 0 bridgehead atoms. The zero-order valence-corrected chi connectivity index (χ0v) is 19.9. The van der Waals surface area contributed by atoms with Crippen LogP contribution in [0.25, 0.3) is 0 Å². The zero-order chi connectivity index (χ0) is 24.3. The third-order valence-electron chi connectivity index (χ3n) is 6.83. The smallest absolute Gasteiger partial charge is 0.310 e. The second-order valence-electron chi connectivity index (χ2n) is 8.36. The predicted molar refractivity (Wildman–Crippen MR) is 124 cm³/mol. The number of aliphatic hydroxyl groups is 2. The quantitative estimate of drug-likeness (QED) is 0.462. The molecule has 0 spiro atoms. The van der Waals surface area contributed by atoms with E-state index >= 15 is 0 Å². The highest BCUT2D eigenvalue weighted by atomic mass is 79.9. The van der Waals surface area contributed by atoms with Gasteiger partial charge >= 0.3 is 5.97 Å². The summed E-state index contributed by atoms with van der Waals surface area (Å²) in [5.74, 6) is -3.26. The fourth-order valence-electron chi connectivity index (χ4n) is 5.50. The lowest BCUT2D eigenvalue weighted by Crippen LogP contribution is -2.52. The standard InChI is InChI=1S/C25H22BrNO7/c1-32-17-12-16-20(22(27-17)33-2)24(31)21(28)18(23(29)30)19(13-6-4-3-5-7-13)25(24,34-16)14-8-10-15(26)11-9-14/h3-12,18-19,21,28,31H,1-2H3,(H,29,30)/t18-,19-,21-,24+,25+/m1/s1. The molecule has 8 nitrogen and oxygen atoms in total. The number of pyridine rings is 1. The molecule has 2 aliphatic rings. The van der Waals surface area contributed by atoms with Crippen LogP contribution in [0.3, 0.4) is 0 Å². The molecule has 1 saturated carbocycles. The van der Waals surface area contributed by atoms with E-state index in [2.05, 4.69) is 20.9 Å². The second kappa shape index (κ2) is 7.97. The minimum atomic E-state index is -2.20. The maximum Gasteiger partial charge on any atom is 0.310 e. The first-order valence-corrected chi connectivity index (χ1v) is 11.4. The van der Waals surface area contributed by atoms with Gasteiger partial charge in [-0.1, -0.05) is 58.4 Å². The summed E-state index contributed by atoms with van der Waals surface area (Å²) in [5, 5.41) is 34.2. The summed E-state index contributed by atoms with van der Waals surface area (Å²) in [6, 6.07) is 17.4. The number of benzene rings is 2. The summed E-state index contributed by atoms with van der Waals surface area (Å²) in [4.78, 5) is 16.8. The lowest BCUT2D eigenvalue weighted by atomic mass is 9.71. The highest BCUT2D eigenvalue weighted by Gasteiger charge is 2.78. The molecule has 1 aliphatic heterocycles. The summed E-state index contributed by atoms with van der Waals surface area (Å²) < 4.78 is 18.1. The van der Waals surface area contributed by atoms with E-state index in [1.54, 1.807) is 48.5 Å². The number of ether oxygens (including phenoxy) is 3. The number of aromatic nitrogens is 1. The van der Waals surface area contributed by atoms with E-state index in [0.717, 1.165) is 4.47 Å². The largest absolute Gasteiger partial charge is 0.481 e. The van der Waals surface area contributed by atoms with E-state index in [1.165, 1.54) is 20.3 Å². The van der Waals surface area contributed by atoms with Gasteiger partial charge in [0.2, 0.25) is 11.8 Å². The van der Waals surface area contributed by atoms with Crippen LogP contribution in [0.4, 0.5) is 0 Å². The van der Waals surface area contributed by atoms with Crippen LogP contribution in [-0.4, -0.2) is 46.6 Å². The number of carboxylic acid groups (broad SMARTS) is 1. The topological polar surface area (TPSA) is 118 Å². The molecule has 0 amide bonds. The van der Waals surface area contributed by atoms with Crippen LogP contribution < -0.4 is 14.2 Å². The summed E-state index contributed by atoms with van der Waals surface area (Å²) in [6.07, 6.45) is -1.75. The number of fused-ring (bicyclic) bond motifs is 3. The molecule has 2 heterocycles. The lowest BCUT2D eigenvalue weighted by molar-refractivity contribution is -0.159. The highest BCUT2D eigenvalue weighted by molar-refractivity contribution is 9.10. The van der Waals surface area contributed by atoms with Crippen LogP contribution in [0.5, 0.6) is 17.5 Å². The van der Waals surface area contributed by atoms with Crippen molar-refractivity contribution >= 4 is 21.9 Å². The van der Waals surface area contributed by atoms with Gasteiger partial charge in [-0.2, -0.15) is 4.98 Å². The number of hydrogen-bond donors (Lipinski definition) is 3. The van der Waals surface area contributed by atoms with E-state index in [0.29, 0.717) is 11.1 Å². The Labute approximate surface area is 203 Å². The minimum absolute atomic E-state index is 0.0206. The molecule has 5 rings (SSSR count). The van der Waals surface area contributed by atoms with Crippen LogP contribution >= 0.6 is 15.9 Å². The molecule has 176 valence electrons. The van der Waals surface area contributed by atoms with Gasteiger partial charge in [-0.05, 0) is 23.3 Å². The first-order valence-electron chi connectivity index (χ1n) is 10.6. The molecule has 0 radical (unpaired) electrons. The van der Waals surface area contributed by atoms with E-state index in [-0.39, 0.29) is 23.1 Å². The van der Waals surface area contributed by atoms with Crippen molar-refractivity contribution in [2.75, 3.05) is 14.2 Å². The normalized spacial score (nSPS) is 29.1. The Bertz CT molecular complexity index is 1250. The van der Waals surface area contributed by atoms with Gasteiger partial charge in [-0.15, -0.1) is 0 Å². The maximum atomic E-state index is 12.6. The van der Waals surface area contributed by atoms with Crippen molar-refractivity contribution < 1.29 is 34.3 Å². The van der Waals surface area contributed by atoms with Gasteiger partial charge in [-0.3, -0.25) is 4.79 Å². The van der Waals surface area contributed by atoms with E-state index in [1.807, 2.05) is 6.07 Å². The van der Waals surface area contributed by atoms with Crippen LogP contribution in [0.2, 0.25) is 0 Å². The van der Waals surface area contributed by atoms with Crippen molar-refractivity contribution in [1.29, 1.82) is 0 Å². The van der Waals surface area contributed by atoms with Gasteiger partial charge in [0.25, 0.3) is 0 Å². The van der Waals surface area contributed by atoms with E-state index in [4.69, 9.17) is 14.2 Å². The number of aliphatic hydroxyl groups excluding tert-OH is 1. The minimum Gasteiger partial charge on any atom is -0.481 e. The van der Waals surface area contributed by atoms with Crippen molar-refractivity contribution in [2.45, 2.75) is 23.2 Å². The van der Waals surface area contributed by atoms with Crippen molar-refractivity contribution in [1.82, 2.24) is 4.98 Å². The van der Waals surface area contributed by atoms with Gasteiger partial charge in [0.05, 0.1) is 25.7 Å². The van der Waals surface area contributed by atoms with Crippen molar-refractivity contribution in [3.8, 4) is 17.5 Å². The highest BCUT2D eigenvalue weighted by Crippen LogP contribution is 2.69. The monoisotopic (exact) mass is 527 g/mol. The molecule has 3 N–H and O–H groups in total. The van der Waals surface area contributed by atoms with Gasteiger partial charge in [0.1, 0.15) is 11.9 Å². The molecule has 0 unspecified atom stereocenters. The van der Waals surface area contributed by atoms with Crippen LogP contribution in [0.1, 0.15) is 22.6 Å². The predicted octanol–water partition coefficient (Wildman–Crippen LogP) is 3.20. The molecule has 0 saturated heterocycles. The van der Waals surface area contributed by atoms with Gasteiger partial charge in [0.15, 0.2) is 11.2 Å². The fourth-order valence-corrected chi connectivity index (χ4v) is 5.76. The third kappa shape index (κ3) is 2.84. The molecule has 5 atom stereocenters. The Kier molecular flexibility index (Phi) is 5.31. The van der Waals surface area contributed by atoms with Crippen molar-refractivity contribution in [3.05, 3.63) is 81.8 Å². The molecule has 9 heteroatoms. The Morgan fingerprint density at radius 3 is 2.35 bits per heavy atom. The fraction of sp³-hybridized carbons (Fsp3) is 0.280. The SMILES string of the molecule is COc1cc2c(c(OC)n1)[C@]1(O)[C@H](O)[C@H](C(=O)O)[C@@H](c3ccccc3)[C@]1(c1ccc(Br)cc1)O2. The third-order valence-corrected chi connectivity index (χ3v) is 7.36. The van der Waals surface area contributed by atoms with Crippen LogP contribution in [0.15, 0.2) is 65.1 Å². The Morgan fingerprint density at radius 1 is 1.09 bits per heavy atom. The number of hydrogen-bond acceptors (Lipinski definition) is 7. The molecule has 34 heavy (non-hydrogen) atoms. The average molecular weight is 528 g/mol. The molecule has 1 aliphatic carbocycles.